The Morgan fingerprint density at radius 2 is 1.78 bits per heavy atom. The average Bonchev–Trinajstić information content (AvgIpc) is 2.78. The van der Waals surface area contributed by atoms with Crippen molar-refractivity contribution >= 4 is 27.6 Å². The van der Waals surface area contributed by atoms with Crippen LogP contribution in [0.3, 0.4) is 0 Å². The minimum atomic E-state index is -4.51. The van der Waals surface area contributed by atoms with Crippen LogP contribution in [0.2, 0.25) is 0 Å². The fourth-order valence-electron chi connectivity index (χ4n) is 3.95. The Balaban J connectivity index is 1.88. The summed E-state index contributed by atoms with van der Waals surface area (Å²) >= 11 is 0. The van der Waals surface area contributed by atoms with E-state index >= 15 is 0 Å². The standard InChI is InChI=1S/C23H20N2O6S/c26-12-10-17-7-4-8-21(25(27)28)23(17)24-11-9-20-19(15-24)13-18(14-22(20)32(29,30)31)16-5-2-1-3-6-16/h1-9,11,13-14,26H,10,12,15H2,(H,29,30,31). The Morgan fingerprint density at radius 3 is 2.44 bits per heavy atom. The highest BCUT2D eigenvalue weighted by atomic mass is 32.2. The number of fused-ring (bicyclic) bond motifs is 1. The Hall–Kier alpha value is -3.53. The molecule has 32 heavy (non-hydrogen) atoms. The number of hydrogen-bond donors (Lipinski definition) is 2. The molecular formula is C23H20N2O6S. The van der Waals surface area contributed by atoms with Crippen LogP contribution in [0.25, 0.3) is 17.2 Å². The molecular weight excluding hydrogens is 432 g/mol. The summed E-state index contributed by atoms with van der Waals surface area (Å²) in [5, 5.41) is 21.1. The highest BCUT2D eigenvalue weighted by Gasteiger charge is 2.27. The number of rotatable bonds is 6. The van der Waals surface area contributed by atoms with Crippen LogP contribution in [0.15, 0.2) is 71.8 Å². The first kappa shape index (κ1) is 21.7. The molecule has 0 saturated carbocycles. The van der Waals surface area contributed by atoms with E-state index in [0.717, 1.165) is 5.56 Å². The number of nitrogens with zero attached hydrogens (tertiary/aromatic N) is 2. The summed E-state index contributed by atoms with van der Waals surface area (Å²) in [5.74, 6) is 0. The molecule has 9 heteroatoms. The fraction of sp³-hybridized carbons (Fsp3) is 0.130. The van der Waals surface area contributed by atoms with Crippen molar-refractivity contribution in [2.45, 2.75) is 17.9 Å². The molecule has 8 nitrogen and oxygen atoms in total. The first-order valence-corrected chi connectivity index (χ1v) is 11.3. The molecule has 0 unspecified atom stereocenters. The first-order chi connectivity index (χ1) is 15.3. The summed E-state index contributed by atoms with van der Waals surface area (Å²) in [4.78, 5) is 12.6. The number of nitro groups is 1. The van der Waals surface area contributed by atoms with Gasteiger partial charge >= 0.3 is 0 Å². The van der Waals surface area contributed by atoms with Crippen LogP contribution in [0.4, 0.5) is 11.4 Å². The van der Waals surface area contributed by atoms with Crippen LogP contribution in [-0.2, 0) is 23.1 Å². The van der Waals surface area contributed by atoms with Gasteiger partial charge in [0.25, 0.3) is 15.8 Å². The molecule has 0 atom stereocenters. The van der Waals surface area contributed by atoms with Gasteiger partial charge in [-0.2, -0.15) is 8.42 Å². The van der Waals surface area contributed by atoms with Crippen LogP contribution < -0.4 is 4.90 Å². The summed E-state index contributed by atoms with van der Waals surface area (Å²) in [6.07, 6.45) is 3.31. The average molecular weight is 452 g/mol. The molecule has 0 bridgehead atoms. The van der Waals surface area contributed by atoms with Crippen molar-refractivity contribution in [1.29, 1.82) is 0 Å². The van der Waals surface area contributed by atoms with Gasteiger partial charge in [-0.15, -0.1) is 0 Å². The van der Waals surface area contributed by atoms with Crippen LogP contribution in [0, 0.1) is 10.1 Å². The summed E-state index contributed by atoms with van der Waals surface area (Å²) in [6, 6.07) is 17.1. The molecule has 1 aliphatic heterocycles. The number of aliphatic hydroxyl groups excluding tert-OH is 1. The summed E-state index contributed by atoms with van der Waals surface area (Å²) in [6.45, 7) is -0.0221. The maximum atomic E-state index is 12.1. The molecule has 0 fully saturated rings. The summed E-state index contributed by atoms with van der Waals surface area (Å²) < 4.78 is 34.1. The Morgan fingerprint density at radius 1 is 1.03 bits per heavy atom. The van der Waals surface area contributed by atoms with E-state index < -0.39 is 15.0 Å². The molecule has 0 aliphatic carbocycles. The maximum Gasteiger partial charge on any atom is 0.295 e. The maximum absolute atomic E-state index is 12.1. The molecule has 4 rings (SSSR count). The fourth-order valence-corrected chi connectivity index (χ4v) is 4.70. The molecule has 1 heterocycles. The molecule has 2 N–H and O–H groups in total. The second-order valence-electron chi connectivity index (χ2n) is 7.35. The molecule has 3 aromatic rings. The quantitative estimate of drug-likeness (QED) is 0.329. The van der Waals surface area contributed by atoms with Crippen molar-refractivity contribution in [2.75, 3.05) is 11.5 Å². The van der Waals surface area contributed by atoms with Crippen LogP contribution in [0.5, 0.6) is 0 Å². The van der Waals surface area contributed by atoms with Gasteiger partial charge in [0.05, 0.1) is 4.92 Å². The van der Waals surface area contributed by atoms with Crippen LogP contribution >= 0.6 is 0 Å². The molecule has 0 spiro atoms. The van der Waals surface area contributed by atoms with Gasteiger partial charge in [-0.25, -0.2) is 0 Å². The predicted molar refractivity (Wildman–Crippen MR) is 121 cm³/mol. The molecule has 0 saturated heterocycles. The summed E-state index contributed by atoms with van der Waals surface area (Å²) in [7, 11) is -4.51. The number of para-hydroxylation sites is 1. The third kappa shape index (κ3) is 4.13. The van der Waals surface area contributed by atoms with Gasteiger partial charge in [0.15, 0.2) is 0 Å². The van der Waals surface area contributed by atoms with Crippen LogP contribution in [-0.4, -0.2) is 29.6 Å². The molecule has 164 valence electrons. The van der Waals surface area contributed by atoms with Gasteiger partial charge in [-0.1, -0.05) is 42.5 Å². The van der Waals surface area contributed by atoms with E-state index in [-0.39, 0.29) is 30.2 Å². The van der Waals surface area contributed by atoms with E-state index in [1.54, 1.807) is 23.2 Å². The van der Waals surface area contributed by atoms with Crippen molar-refractivity contribution in [3.8, 4) is 11.1 Å². The smallest absolute Gasteiger partial charge is 0.295 e. The molecule has 0 radical (unpaired) electrons. The van der Waals surface area contributed by atoms with Gasteiger partial charge < -0.3 is 10.0 Å². The zero-order chi connectivity index (χ0) is 22.9. The lowest BCUT2D eigenvalue weighted by molar-refractivity contribution is -0.384. The summed E-state index contributed by atoms with van der Waals surface area (Å²) in [5.41, 5.74) is 3.13. The van der Waals surface area contributed by atoms with Gasteiger partial charge in [-0.05, 0) is 46.9 Å². The van der Waals surface area contributed by atoms with Crippen LogP contribution in [0.1, 0.15) is 16.7 Å². The van der Waals surface area contributed by atoms with Crippen molar-refractivity contribution in [3.05, 3.63) is 93.7 Å². The minimum Gasteiger partial charge on any atom is -0.396 e. The molecule has 1 aliphatic rings. The van der Waals surface area contributed by atoms with E-state index in [0.29, 0.717) is 27.9 Å². The van der Waals surface area contributed by atoms with E-state index in [1.807, 2.05) is 36.4 Å². The second kappa shape index (κ2) is 8.54. The third-order valence-corrected chi connectivity index (χ3v) is 6.23. The highest BCUT2D eigenvalue weighted by molar-refractivity contribution is 7.86. The Labute approximate surface area is 185 Å². The topological polar surface area (TPSA) is 121 Å². The zero-order valence-electron chi connectivity index (χ0n) is 16.9. The lowest BCUT2D eigenvalue weighted by atomic mass is 9.96. The van der Waals surface area contributed by atoms with Gasteiger partial charge in [-0.3, -0.25) is 14.7 Å². The van der Waals surface area contributed by atoms with Gasteiger partial charge in [0.1, 0.15) is 10.6 Å². The van der Waals surface area contributed by atoms with Crippen molar-refractivity contribution in [3.63, 3.8) is 0 Å². The molecule has 3 aromatic carbocycles. The normalized spacial score (nSPS) is 13.1. The van der Waals surface area contributed by atoms with E-state index in [2.05, 4.69) is 0 Å². The van der Waals surface area contributed by atoms with E-state index in [4.69, 9.17) is 0 Å². The number of aliphatic hydroxyl groups is 1. The van der Waals surface area contributed by atoms with E-state index in [1.165, 1.54) is 18.2 Å². The van der Waals surface area contributed by atoms with Crippen molar-refractivity contribution in [2.24, 2.45) is 0 Å². The Bertz CT molecular complexity index is 1320. The van der Waals surface area contributed by atoms with E-state index in [9.17, 15) is 28.2 Å². The predicted octanol–water partition coefficient (Wildman–Crippen LogP) is 4.03. The van der Waals surface area contributed by atoms with Gasteiger partial charge in [0, 0.05) is 31.0 Å². The lowest BCUT2D eigenvalue weighted by Gasteiger charge is -2.28. The molecule has 0 amide bonds. The number of nitro benzene ring substituents is 1. The zero-order valence-corrected chi connectivity index (χ0v) is 17.7. The number of benzene rings is 3. The lowest BCUT2D eigenvalue weighted by Crippen LogP contribution is -2.23. The van der Waals surface area contributed by atoms with Crippen molar-refractivity contribution in [1.82, 2.24) is 0 Å². The second-order valence-corrected chi connectivity index (χ2v) is 8.74. The largest absolute Gasteiger partial charge is 0.396 e. The molecule has 0 aromatic heterocycles. The SMILES string of the molecule is O=[N+]([O-])c1cccc(CCO)c1N1C=Cc2c(cc(-c3ccccc3)cc2S(=O)(=O)O)C1. The third-order valence-electron chi connectivity index (χ3n) is 5.34. The monoisotopic (exact) mass is 452 g/mol. The highest BCUT2D eigenvalue weighted by Crippen LogP contribution is 2.38. The minimum absolute atomic E-state index is 0.113. The number of anilines is 1. The Kier molecular flexibility index (Phi) is 5.79. The first-order valence-electron chi connectivity index (χ1n) is 9.81. The van der Waals surface area contributed by atoms with Gasteiger partial charge in [0.2, 0.25) is 0 Å². The van der Waals surface area contributed by atoms with Crippen molar-refractivity contribution < 1.29 is 23.0 Å². The number of hydrogen-bond acceptors (Lipinski definition) is 6.